The van der Waals surface area contributed by atoms with Crippen LogP contribution in [0.1, 0.15) is 40.0 Å². The van der Waals surface area contributed by atoms with Gasteiger partial charge in [0.25, 0.3) is 5.91 Å². The van der Waals surface area contributed by atoms with E-state index >= 15 is 0 Å². The Morgan fingerprint density at radius 1 is 1.12 bits per heavy atom. The number of amides is 1. The zero-order valence-corrected chi connectivity index (χ0v) is 14.7. The molecule has 126 valence electrons. The highest BCUT2D eigenvalue weighted by Crippen LogP contribution is 2.17. The molecule has 0 saturated carbocycles. The van der Waals surface area contributed by atoms with Gasteiger partial charge in [-0.05, 0) is 50.6 Å². The van der Waals surface area contributed by atoms with Crippen LogP contribution in [0.3, 0.4) is 0 Å². The van der Waals surface area contributed by atoms with Gasteiger partial charge in [-0.3, -0.25) is 4.79 Å². The number of carbonyl (C=O) groups excluding carboxylic acids is 2. The molecule has 0 bridgehead atoms. The number of esters is 1. The van der Waals surface area contributed by atoms with E-state index < -0.39 is 5.97 Å². The summed E-state index contributed by atoms with van der Waals surface area (Å²) in [6, 6.07) is 12.5. The molecular weight excluding hydrogens is 326 g/mol. The maximum atomic E-state index is 12.0. The molecule has 24 heavy (non-hydrogen) atoms. The quantitative estimate of drug-likeness (QED) is 0.833. The minimum atomic E-state index is -0.507. The average Bonchev–Trinajstić information content (AvgIpc) is 2.51. The van der Waals surface area contributed by atoms with Crippen LogP contribution in [0, 0.1) is 13.8 Å². The first-order valence-corrected chi connectivity index (χ1v) is 8.03. The second-order valence-electron chi connectivity index (χ2n) is 5.80. The summed E-state index contributed by atoms with van der Waals surface area (Å²) < 4.78 is 5.08. The Kier molecular flexibility index (Phi) is 5.99. The van der Waals surface area contributed by atoms with E-state index in [0.717, 1.165) is 16.7 Å². The largest absolute Gasteiger partial charge is 0.452 e. The van der Waals surface area contributed by atoms with E-state index in [1.54, 1.807) is 24.3 Å². The lowest BCUT2D eigenvalue weighted by molar-refractivity contribution is -0.124. The fourth-order valence-electron chi connectivity index (χ4n) is 2.45. The number of halogens is 1. The molecule has 0 radical (unpaired) electrons. The standard InChI is InChI=1S/C19H20ClNO3/c1-12-7-13(2)9-16(8-12)19(23)24-11-18(22)21-14(3)15-5-4-6-17(20)10-15/h4-10,14H,11H2,1-3H3,(H,21,22)/t14-/m1/s1. The van der Waals surface area contributed by atoms with Crippen molar-refractivity contribution in [3.8, 4) is 0 Å². The molecule has 1 N–H and O–H groups in total. The van der Waals surface area contributed by atoms with Gasteiger partial charge in [0.05, 0.1) is 11.6 Å². The second-order valence-corrected chi connectivity index (χ2v) is 6.23. The minimum Gasteiger partial charge on any atom is -0.452 e. The van der Waals surface area contributed by atoms with Crippen molar-refractivity contribution in [1.82, 2.24) is 5.32 Å². The molecule has 5 heteroatoms. The van der Waals surface area contributed by atoms with Crippen molar-refractivity contribution >= 4 is 23.5 Å². The van der Waals surface area contributed by atoms with Crippen LogP contribution in [0.15, 0.2) is 42.5 Å². The summed E-state index contributed by atoms with van der Waals surface area (Å²) in [5.74, 6) is -0.868. The number of rotatable bonds is 5. The van der Waals surface area contributed by atoms with Crippen LogP contribution in [-0.4, -0.2) is 18.5 Å². The van der Waals surface area contributed by atoms with E-state index in [1.807, 2.05) is 39.0 Å². The van der Waals surface area contributed by atoms with Gasteiger partial charge < -0.3 is 10.1 Å². The van der Waals surface area contributed by atoms with Gasteiger partial charge in [-0.2, -0.15) is 0 Å². The topological polar surface area (TPSA) is 55.4 Å². The minimum absolute atomic E-state index is 0.226. The van der Waals surface area contributed by atoms with E-state index in [1.165, 1.54) is 0 Å². The predicted octanol–water partition coefficient (Wildman–Crippen LogP) is 3.99. The van der Waals surface area contributed by atoms with E-state index in [-0.39, 0.29) is 18.6 Å². The number of ether oxygens (including phenoxy) is 1. The molecule has 2 aromatic rings. The Bertz CT molecular complexity index is 738. The van der Waals surface area contributed by atoms with E-state index in [0.29, 0.717) is 10.6 Å². The van der Waals surface area contributed by atoms with Crippen molar-refractivity contribution in [1.29, 1.82) is 0 Å². The van der Waals surface area contributed by atoms with Crippen molar-refractivity contribution in [2.45, 2.75) is 26.8 Å². The van der Waals surface area contributed by atoms with Gasteiger partial charge in [0.1, 0.15) is 0 Å². The van der Waals surface area contributed by atoms with Gasteiger partial charge in [-0.15, -0.1) is 0 Å². The number of hydrogen-bond acceptors (Lipinski definition) is 3. The monoisotopic (exact) mass is 345 g/mol. The molecule has 1 amide bonds. The molecule has 0 saturated heterocycles. The molecule has 4 nitrogen and oxygen atoms in total. The van der Waals surface area contributed by atoms with Gasteiger partial charge in [0.15, 0.2) is 6.61 Å². The highest BCUT2D eigenvalue weighted by molar-refractivity contribution is 6.30. The van der Waals surface area contributed by atoms with Crippen molar-refractivity contribution in [3.05, 3.63) is 69.7 Å². The van der Waals surface area contributed by atoms with Crippen LogP contribution in [0.2, 0.25) is 5.02 Å². The normalized spacial score (nSPS) is 11.7. The summed E-state index contributed by atoms with van der Waals surface area (Å²) in [4.78, 5) is 24.0. The Morgan fingerprint density at radius 3 is 2.42 bits per heavy atom. The van der Waals surface area contributed by atoms with Crippen molar-refractivity contribution in [2.24, 2.45) is 0 Å². The third kappa shape index (κ3) is 5.10. The van der Waals surface area contributed by atoms with Crippen LogP contribution in [-0.2, 0) is 9.53 Å². The van der Waals surface area contributed by atoms with Gasteiger partial charge in [-0.25, -0.2) is 4.79 Å². The third-order valence-electron chi connectivity index (χ3n) is 3.52. The first kappa shape index (κ1) is 18.0. The fraction of sp³-hybridized carbons (Fsp3) is 0.263. The molecule has 0 aliphatic heterocycles. The molecular formula is C19H20ClNO3. The third-order valence-corrected chi connectivity index (χ3v) is 3.75. The van der Waals surface area contributed by atoms with Gasteiger partial charge in [0, 0.05) is 5.02 Å². The lowest BCUT2D eigenvalue weighted by Crippen LogP contribution is -2.31. The summed E-state index contributed by atoms with van der Waals surface area (Å²) in [5.41, 5.74) is 3.28. The van der Waals surface area contributed by atoms with Gasteiger partial charge >= 0.3 is 5.97 Å². The predicted molar refractivity (Wildman–Crippen MR) is 94.2 cm³/mol. The molecule has 0 aliphatic rings. The molecule has 0 unspecified atom stereocenters. The number of carbonyl (C=O) groups is 2. The molecule has 0 aliphatic carbocycles. The zero-order valence-electron chi connectivity index (χ0n) is 13.9. The first-order chi connectivity index (χ1) is 11.3. The maximum absolute atomic E-state index is 12.0. The smallest absolute Gasteiger partial charge is 0.338 e. The molecule has 0 heterocycles. The molecule has 2 aromatic carbocycles. The van der Waals surface area contributed by atoms with Crippen molar-refractivity contribution in [2.75, 3.05) is 6.61 Å². The first-order valence-electron chi connectivity index (χ1n) is 7.65. The maximum Gasteiger partial charge on any atom is 0.338 e. The highest BCUT2D eigenvalue weighted by atomic mass is 35.5. The summed E-state index contributed by atoms with van der Waals surface area (Å²) in [5, 5.41) is 3.38. The lowest BCUT2D eigenvalue weighted by atomic mass is 10.1. The lowest BCUT2D eigenvalue weighted by Gasteiger charge is -2.14. The number of nitrogens with one attached hydrogen (secondary N) is 1. The number of benzene rings is 2. The molecule has 0 spiro atoms. The summed E-state index contributed by atoms with van der Waals surface area (Å²) in [6.45, 7) is 5.33. The Labute approximate surface area is 146 Å². The summed E-state index contributed by atoms with van der Waals surface area (Å²) in [6.07, 6.45) is 0. The van der Waals surface area contributed by atoms with Crippen molar-refractivity contribution < 1.29 is 14.3 Å². The fourth-order valence-corrected chi connectivity index (χ4v) is 2.65. The highest BCUT2D eigenvalue weighted by Gasteiger charge is 2.14. The number of aryl methyl sites for hydroxylation is 2. The van der Waals surface area contributed by atoms with Gasteiger partial charge in [0.2, 0.25) is 0 Å². The second kappa shape index (κ2) is 7.97. The van der Waals surface area contributed by atoms with Crippen LogP contribution in [0.5, 0.6) is 0 Å². The Balaban J connectivity index is 1.89. The van der Waals surface area contributed by atoms with Crippen LogP contribution in [0.25, 0.3) is 0 Å². The van der Waals surface area contributed by atoms with E-state index in [9.17, 15) is 9.59 Å². The van der Waals surface area contributed by atoms with E-state index in [4.69, 9.17) is 16.3 Å². The van der Waals surface area contributed by atoms with Crippen LogP contribution >= 0.6 is 11.6 Å². The summed E-state index contributed by atoms with van der Waals surface area (Å²) >= 11 is 5.94. The molecule has 0 fully saturated rings. The molecule has 2 rings (SSSR count). The molecule has 1 atom stereocenters. The SMILES string of the molecule is Cc1cc(C)cc(C(=O)OCC(=O)N[C@H](C)c2cccc(Cl)c2)c1. The Morgan fingerprint density at radius 2 is 1.79 bits per heavy atom. The molecule has 0 aromatic heterocycles. The Hall–Kier alpha value is -2.33. The number of hydrogen-bond donors (Lipinski definition) is 1. The van der Waals surface area contributed by atoms with Crippen LogP contribution < -0.4 is 5.32 Å². The average molecular weight is 346 g/mol. The van der Waals surface area contributed by atoms with Crippen LogP contribution in [0.4, 0.5) is 0 Å². The van der Waals surface area contributed by atoms with Crippen molar-refractivity contribution in [3.63, 3.8) is 0 Å². The van der Waals surface area contributed by atoms with E-state index in [2.05, 4.69) is 5.32 Å². The zero-order chi connectivity index (χ0) is 17.7. The van der Waals surface area contributed by atoms with Gasteiger partial charge in [-0.1, -0.05) is 40.9 Å². The summed E-state index contributed by atoms with van der Waals surface area (Å²) in [7, 11) is 0.